The van der Waals surface area contributed by atoms with Gasteiger partial charge in [-0.1, -0.05) is 25.0 Å². The zero-order valence-electron chi connectivity index (χ0n) is 13.0. The van der Waals surface area contributed by atoms with Crippen LogP contribution >= 0.6 is 0 Å². The van der Waals surface area contributed by atoms with Crippen LogP contribution in [0.25, 0.3) is 0 Å². The quantitative estimate of drug-likeness (QED) is 0.778. The number of urea groups is 1. The maximum Gasteiger partial charge on any atom is 0.319 e. The van der Waals surface area contributed by atoms with Gasteiger partial charge in [0.2, 0.25) is 0 Å². The van der Waals surface area contributed by atoms with Crippen molar-refractivity contribution in [2.45, 2.75) is 37.8 Å². The molecule has 21 heavy (non-hydrogen) atoms. The van der Waals surface area contributed by atoms with Gasteiger partial charge < -0.3 is 21.3 Å². The fourth-order valence-corrected chi connectivity index (χ4v) is 2.96. The molecule has 1 saturated carbocycles. The summed E-state index contributed by atoms with van der Waals surface area (Å²) in [4.78, 5) is 14.3. The molecule has 1 aliphatic carbocycles. The van der Waals surface area contributed by atoms with E-state index in [2.05, 4.69) is 29.6 Å². The van der Waals surface area contributed by atoms with Crippen LogP contribution in [-0.2, 0) is 6.54 Å². The van der Waals surface area contributed by atoms with Gasteiger partial charge in [0.25, 0.3) is 0 Å². The molecule has 0 unspecified atom stereocenters. The summed E-state index contributed by atoms with van der Waals surface area (Å²) >= 11 is 0. The van der Waals surface area contributed by atoms with Crippen molar-refractivity contribution in [3.63, 3.8) is 0 Å². The summed E-state index contributed by atoms with van der Waals surface area (Å²) in [5.41, 5.74) is 7.51. The Hall–Kier alpha value is -1.59. The Kier molecular flexibility index (Phi) is 5.20. The first-order chi connectivity index (χ1) is 10.1. The van der Waals surface area contributed by atoms with Gasteiger partial charge >= 0.3 is 6.03 Å². The smallest absolute Gasteiger partial charge is 0.319 e. The number of amides is 2. The number of carbonyl (C=O) groups excluding carboxylic acids is 1. The predicted octanol–water partition coefficient (Wildman–Crippen LogP) is 2.14. The van der Waals surface area contributed by atoms with E-state index in [-0.39, 0.29) is 11.6 Å². The number of hydrogen-bond acceptors (Lipinski definition) is 3. The fourth-order valence-electron chi connectivity index (χ4n) is 2.96. The van der Waals surface area contributed by atoms with Crippen LogP contribution in [-0.4, -0.2) is 37.1 Å². The minimum atomic E-state index is -0.149. The van der Waals surface area contributed by atoms with Crippen LogP contribution in [0.4, 0.5) is 10.5 Å². The van der Waals surface area contributed by atoms with Gasteiger partial charge in [-0.15, -0.1) is 0 Å². The number of nitrogens with zero attached hydrogens (tertiary/aromatic N) is 1. The summed E-state index contributed by atoms with van der Waals surface area (Å²) in [5, 5.41) is 5.87. The van der Waals surface area contributed by atoms with Gasteiger partial charge in [0.15, 0.2) is 0 Å². The van der Waals surface area contributed by atoms with Gasteiger partial charge in [0.1, 0.15) is 0 Å². The highest BCUT2D eigenvalue weighted by Crippen LogP contribution is 2.33. The number of carbonyl (C=O) groups is 1. The molecule has 1 aromatic rings. The molecule has 0 atom stereocenters. The fraction of sp³-hybridized carbons (Fsp3) is 0.562. The van der Waals surface area contributed by atoms with E-state index in [1.807, 2.05) is 24.3 Å². The minimum Gasteiger partial charge on any atom is -0.336 e. The lowest BCUT2D eigenvalue weighted by atomic mass is 9.96. The summed E-state index contributed by atoms with van der Waals surface area (Å²) in [6.07, 6.45) is 4.76. The average Bonchev–Trinajstić information content (AvgIpc) is 2.96. The first-order valence-electron chi connectivity index (χ1n) is 7.57. The number of likely N-dealkylation sites (N-methyl/N-ethyl adjacent to an activating group) is 1. The number of hydrogen-bond donors (Lipinski definition) is 3. The van der Waals surface area contributed by atoms with Crippen molar-refractivity contribution < 1.29 is 4.79 Å². The van der Waals surface area contributed by atoms with E-state index in [1.54, 1.807) is 0 Å². The van der Waals surface area contributed by atoms with Crippen molar-refractivity contribution in [2.24, 2.45) is 5.73 Å². The molecule has 4 N–H and O–H groups in total. The van der Waals surface area contributed by atoms with Gasteiger partial charge in [-0.2, -0.15) is 0 Å². The highest BCUT2D eigenvalue weighted by molar-refractivity contribution is 5.89. The largest absolute Gasteiger partial charge is 0.336 e. The van der Waals surface area contributed by atoms with E-state index >= 15 is 0 Å². The molecular formula is C16H26N4O. The zero-order valence-corrected chi connectivity index (χ0v) is 13.0. The standard InChI is InChI=1S/C16H26N4O/c1-20(2)16(9-3-4-10-16)12-18-15(21)19-14-7-5-13(11-17)6-8-14/h5-8H,3-4,9-12,17H2,1-2H3,(H2,18,19,21). The number of nitrogens with two attached hydrogens (primary N) is 1. The predicted molar refractivity (Wildman–Crippen MR) is 86.2 cm³/mol. The zero-order chi connectivity index (χ0) is 15.3. The van der Waals surface area contributed by atoms with Crippen LogP contribution in [0.5, 0.6) is 0 Å². The molecule has 0 bridgehead atoms. The van der Waals surface area contributed by atoms with Gasteiger partial charge in [-0.3, -0.25) is 0 Å². The summed E-state index contributed by atoms with van der Waals surface area (Å²) in [6, 6.07) is 7.45. The van der Waals surface area contributed by atoms with Crippen LogP contribution < -0.4 is 16.4 Å². The minimum absolute atomic E-state index is 0.112. The van der Waals surface area contributed by atoms with Crippen molar-refractivity contribution >= 4 is 11.7 Å². The first-order valence-corrected chi connectivity index (χ1v) is 7.57. The van der Waals surface area contributed by atoms with Crippen LogP contribution in [0.15, 0.2) is 24.3 Å². The Balaban J connectivity index is 1.86. The second-order valence-electron chi connectivity index (χ2n) is 6.03. The lowest BCUT2D eigenvalue weighted by Crippen LogP contribution is -2.51. The summed E-state index contributed by atoms with van der Waals surface area (Å²) in [5.74, 6) is 0. The van der Waals surface area contributed by atoms with E-state index in [0.717, 1.165) is 24.1 Å². The van der Waals surface area contributed by atoms with Gasteiger partial charge in [-0.05, 0) is 44.6 Å². The molecule has 0 radical (unpaired) electrons. The Bertz CT molecular complexity index is 464. The Morgan fingerprint density at radius 1 is 1.24 bits per heavy atom. The van der Waals surface area contributed by atoms with Crippen molar-refractivity contribution in [1.29, 1.82) is 0 Å². The lowest BCUT2D eigenvalue weighted by molar-refractivity contribution is 0.156. The molecule has 1 aliphatic rings. The van der Waals surface area contributed by atoms with E-state index in [0.29, 0.717) is 13.1 Å². The second kappa shape index (κ2) is 6.91. The van der Waals surface area contributed by atoms with Crippen LogP contribution in [0.3, 0.4) is 0 Å². The molecule has 1 aromatic carbocycles. The van der Waals surface area contributed by atoms with Crippen molar-refractivity contribution in [2.75, 3.05) is 26.0 Å². The highest BCUT2D eigenvalue weighted by Gasteiger charge is 2.36. The summed E-state index contributed by atoms with van der Waals surface area (Å²) in [6.45, 7) is 1.20. The Morgan fingerprint density at radius 3 is 2.38 bits per heavy atom. The average molecular weight is 290 g/mol. The van der Waals surface area contributed by atoms with Gasteiger partial charge in [-0.25, -0.2) is 4.79 Å². The maximum absolute atomic E-state index is 12.0. The molecule has 1 fully saturated rings. The van der Waals surface area contributed by atoms with Crippen molar-refractivity contribution in [3.05, 3.63) is 29.8 Å². The van der Waals surface area contributed by atoms with E-state index < -0.39 is 0 Å². The second-order valence-corrected chi connectivity index (χ2v) is 6.03. The normalized spacial score (nSPS) is 17.0. The molecule has 5 nitrogen and oxygen atoms in total. The van der Waals surface area contributed by atoms with Gasteiger partial charge in [0.05, 0.1) is 0 Å². The molecule has 0 heterocycles. The monoisotopic (exact) mass is 290 g/mol. The van der Waals surface area contributed by atoms with Gasteiger partial charge in [0, 0.05) is 24.3 Å². The van der Waals surface area contributed by atoms with E-state index in [4.69, 9.17) is 5.73 Å². The number of rotatable bonds is 5. The number of anilines is 1. The molecule has 0 aromatic heterocycles. The van der Waals surface area contributed by atoms with Crippen molar-refractivity contribution in [1.82, 2.24) is 10.2 Å². The third-order valence-corrected chi connectivity index (χ3v) is 4.51. The van der Waals surface area contributed by atoms with Crippen LogP contribution in [0.2, 0.25) is 0 Å². The van der Waals surface area contributed by atoms with Crippen LogP contribution in [0, 0.1) is 0 Å². The maximum atomic E-state index is 12.0. The molecule has 2 amide bonds. The molecular weight excluding hydrogens is 264 g/mol. The molecule has 0 spiro atoms. The van der Waals surface area contributed by atoms with Crippen molar-refractivity contribution in [3.8, 4) is 0 Å². The number of nitrogens with one attached hydrogen (secondary N) is 2. The number of benzene rings is 1. The van der Waals surface area contributed by atoms with Crippen LogP contribution in [0.1, 0.15) is 31.2 Å². The lowest BCUT2D eigenvalue weighted by Gasteiger charge is -2.36. The summed E-state index contributed by atoms with van der Waals surface area (Å²) < 4.78 is 0. The Morgan fingerprint density at radius 2 is 1.86 bits per heavy atom. The third kappa shape index (κ3) is 3.95. The molecule has 0 saturated heterocycles. The Labute approximate surface area is 126 Å². The molecule has 116 valence electrons. The topological polar surface area (TPSA) is 70.4 Å². The van der Waals surface area contributed by atoms with E-state index in [1.165, 1.54) is 12.8 Å². The molecule has 5 heteroatoms. The van der Waals surface area contributed by atoms with E-state index in [9.17, 15) is 4.79 Å². The third-order valence-electron chi connectivity index (χ3n) is 4.51. The first kappa shape index (κ1) is 15.8. The molecule has 2 rings (SSSR count). The highest BCUT2D eigenvalue weighted by atomic mass is 16.2. The molecule has 0 aliphatic heterocycles. The SMILES string of the molecule is CN(C)C1(CNC(=O)Nc2ccc(CN)cc2)CCCC1. The summed E-state index contributed by atoms with van der Waals surface area (Å²) in [7, 11) is 4.19.